The van der Waals surface area contributed by atoms with E-state index in [1.165, 1.54) is 0 Å². The third kappa shape index (κ3) is 3.02. The molecule has 1 amide bonds. The van der Waals surface area contributed by atoms with E-state index in [2.05, 4.69) is 26.1 Å². The highest BCUT2D eigenvalue weighted by Gasteiger charge is 2.26. The summed E-state index contributed by atoms with van der Waals surface area (Å²) in [5.74, 6) is 0.482. The van der Waals surface area contributed by atoms with E-state index >= 15 is 0 Å². The van der Waals surface area contributed by atoms with E-state index in [0.29, 0.717) is 5.92 Å². The Balaban J connectivity index is 1.79. The molecule has 0 aliphatic carbocycles. The number of carbonyl (C=O) groups is 1. The Morgan fingerprint density at radius 3 is 3.05 bits per heavy atom. The first kappa shape index (κ1) is 14.3. The average molecular weight is 348 g/mol. The van der Waals surface area contributed by atoms with Crippen LogP contribution in [0.2, 0.25) is 0 Å². The van der Waals surface area contributed by atoms with Crippen LogP contribution in [-0.4, -0.2) is 34.1 Å². The summed E-state index contributed by atoms with van der Waals surface area (Å²) in [5, 5.41) is 7.05. The van der Waals surface area contributed by atoms with Gasteiger partial charge < -0.3 is 4.90 Å². The monoisotopic (exact) mass is 347 g/mol. The quantitative estimate of drug-likeness (QED) is 0.903. The molecule has 0 bridgehead atoms. The second-order valence-corrected chi connectivity index (χ2v) is 6.48. The van der Waals surface area contributed by atoms with Crippen LogP contribution in [0.1, 0.15) is 40.4 Å². The van der Waals surface area contributed by atoms with Crippen molar-refractivity contribution in [1.29, 1.82) is 0 Å². The second-order valence-electron chi connectivity index (χ2n) is 5.56. The normalized spacial score (nSPS) is 18.8. The van der Waals surface area contributed by atoms with E-state index in [9.17, 15) is 4.79 Å². The molecule has 2 heterocycles. The molecule has 1 aromatic carbocycles. The Bertz CT molecular complexity index is 639. The summed E-state index contributed by atoms with van der Waals surface area (Å²) in [7, 11) is 0. The maximum absolute atomic E-state index is 12.8. The Hall–Kier alpha value is -1.62. The van der Waals surface area contributed by atoms with Gasteiger partial charge in [-0.05, 0) is 43.5 Å². The summed E-state index contributed by atoms with van der Waals surface area (Å²) >= 11 is 3.45. The number of carbonyl (C=O) groups excluding carboxylic acids is 1. The van der Waals surface area contributed by atoms with Crippen LogP contribution in [-0.2, 0) is 0 Å². The summed E-state index contributed by atoms with van der Waals surface area (Å²) in [6.45, 7) is 3.57. The SMILES string of the molecule is Cc1ccc(Br)cc1C(=O)N1CCCC(c2ccn[nH]2)C1. The highest BCUT2D eigenvalue weighted by Crippen LogP contribution is 2.27. The molecule has 5 heteroatoms. The first-order valence-electron chi connectivity index (χ1n) is 7.20. The molecule has 1 saturated heterocycles. The predicted octanol–water partition coefficient (Wildman–Crippen LogP) is 3.50. The van der Waals surface area contributed by atoms with Crippen LogP contribution in [0, 0.1) is 6.92 Å². The van der Waals surface area contributed by atoms with E-state index in [0.717, 1.165) is 47.2 Å². The zero-order chi connectivity index (χ0) is 14.8. The number of H-pyrrole nitrogens is 1. The highest BCUT2D eigenvalue weighted by molar-refractivity contribution is 9.10. The number of nitrogens with one attached hydrogen (secondary N) is 1. The lowest BCUT2D eigenvalue weighted by atomic mass is 9.94. The number of halogens is 1. The molecule has 1 atom stereocenters. The number of amides is 1. The maximum atomic E-state index is 12.8. The van der Waals surface area contributed by atoms with Crippen LogP contribution < -0.4 is 0 Å². The number of aromatic amines is 1. The molecule has 1 unspecified atom stereocenters. The van der Waals surface area contributed by atoms with Crippen molar-refractivity contribution >= 4 is 21.8 Å². The minimum Gasteiger partial charge on any atom is -0.338 e. The molecule has 4 nitrogen and oxygen atoms in total. The number of piperidine rings is 1. The molecule has 110 valence electrons. The van der Waals surface area contributed by atoms with Gasteiger partial charge in [0.1, 0.15) is 0 Å². The van der Waals surface area contributed by atoms with Crippen molar-refractivity contribution in [3.05, 3.63) is 51.8 Å². The van der Waals surface area contributed by atoms with Crippen molar-refractivity contribution in [2.24, 2.45) is 0 Å². The van der Waals surface area contributed by atoms with Gasteiger partial charge in [-0.15, -0.1) is 0 Å². The van der Waals surface area contributed by atoms with Gasteiger partial charge in [-0.3, -0.25) is 9.89 Å². The van der Waals surface area contributed by atoms with Crippen molar-refractivity contribution in [3.8, 4) is 0 Å². The summed E-state index contributed by atoms with van der Waals surface area (Å²) < 4.78 is 0.943. The second kappa shape index (κ2) is 6.02. The molecule has 3 rings (SSSR count). The highest BCUT2D eigenvalue weighted by atomic mass is 79.9. The first-order valence-corrected chi connectivity index (χ1v) is 7.99. The standard InChI is InChI=1S/C16H18BrN3O/c1-11-4-5-13(17)9-14(11)16(21)20-8-2-3-12(10-20)15-6-7-18-19-15/h4-7,9,12H,2-3,8,10H2,1H3,(H,18,19). The number of nitrogens with zero attached hydrogens (tertiary/aromatic N) is 2. The van der Waals surface area contributed by atoms with E-state index in [-0.39, 0.29) is 5.91 Å². The van der Waals surface area contributed by atoms with Gasteiger partial charge in [-0.2, -0.15) is 5.10 Å². The fourth-order valence-corrected chi connectivity index (χ4v) is 3.27. The number of hydrogen-bond donors (Lipinski definition) is 1. The van der Waals surface area contributed by atoms with E-state index in [4.69, 9.17) is 0 Å². The van der Waals surface area contributed by atoms with Crippen molar-refractivity contribution in [2.45, 2.75) is 25.7 Å². The van der Waals surface area contributed by atoms with Crippen LogP contribution in [0.15, 0.2) is 34.9 Å². The maximum Gasteiger partial charge on any atom is 0.254 e. The molecule has 1 fully saturated rings. The molecular weight excluding hydrogens is 330 g/mol. The van der Waals surface area contributed by atoms with Crippen LogP contribution in [0.3, 0.4) is 0 Å². The number of hydrogen-bond acceptors (Lipinski definition) is 2. The fraction of sp³-hybridized carbons (Fsp3) is 0.375. The Morgan fingerprint density at radius 2 is 2.29 bits per heavy atom. The average Bonchev–Trinajstić information content (AvgIpc) is 3.03. The summed E-state index contributed by atoms with van der Waals surface area (Å²) in [6, 6.07) is 7.86. The molecular formula is C16H18BrN3O. The molecule has 0 spiro atoms. The first-order chi connectivity index (χ1) is 10.1. The van der Waals surface area contributed by atoms with Gasteiger partial charge in [0.05, 0.1) is 0 Å². The lowest BCUT2D eigenvalue weighted by Crippen LogP contribution is -2.39. The lowest BCUT2D eigenvalue weighted by Gasteiger charge is -2.32. The smallest absolute Gasteiger partial charge is 0.254 e. The number of benzene rings is 1. The van der Waals surface area contributed by atoms with Gasteiger partial charge in [0.25, 0.3) is 5.91 Å². The molecule has 1 aromatic heterocycles. The fourth-order valence-electron chi connectivity index (χ4n) is 2.90. The van der Waals surface area contributed by atoms with Crippen LogP contribution in [0.5, 0.6) is 0 Å². The summed E-state index contributed by atoms with van der Waals surface area (Å²) in [5.41, 5.74) is 2.93. The Labute approximate surface area is 132 Å². The Kier molecular flexibility index (Phi) is 4.10. The van der Waals surface area contributed by atoms with Gasteiger partial charge in [-0.1, -0.05) is 22.0 Å². The van der Waals surface area contributed by atoms with Crippen LogP contribution >= 0.6 is 15.9 Å². The summed E-state index contributed by atoms with van der Waals surface area (Å²) in [4.78, 5) is 14.7. The zero-order valence-corrected chi connectivity index (χ0v) is 13.6. The largest absolute Gasteiger partial charge is 0.338 e. The zero-order valence-electron chi connectivity index (χ0n) is 12.0. The van der Waals surface area contributed by atoms with E-state index in [1.54, 1.807) is 6.20 Å². The number of rotatable bonds is 2. The topological polar surface area (TPSA) is 49.0 Å². The van der Waals surface area contributed by atoms with Gasteiger partial charge in [-0.25, -0.2) is 0 Å². The third-order valence-corrected chi connectivity index (χ3v) is 4.59. The van der Waals surface area contributed by atoms with Crippen molar-refractivity contribution < 1.29 is 4.79 Å². The molecule has 2 aromatic rings. The van der Waals surface area contributed by atoms with Crippen LogP contribution in [0.4, 0.5) is 0 Å². The number of likely N-dealkylation sites (tertiary alicyclic amines) is 1. The molecule has 0 saturated carbocycles. The molecule has 1 aliphatic heterocycles. The molecule has 1 aliphatic rings. The van der Waals surface area contributed by atoms with Crippen molar-refractivity contribution in [1.82, 2.24) is 15.1 Å². The molecule has 0 radical (unpaired) electrons. The number of aromatic nitrogens is 2. The lowest BCUT2D eigenvalue weighted by molar-refractivity contribution is 0.0705. The summed E-state index contributed by atoms with van der Waals surface area (Å²) in [6.07, 6.45) is 3.90. The predicted molar refractivity (Wildman–Crippen MR) is 85.3 cm³/mol. The van der Waals surface area contributed by atoms with Crippen molar-refractivity contribution in [3.63, 3.8) is 0 Å². The van der Waals surface area contributed by atoms with Gasteiger partial charge in [0.2, 0.25) is 0 Å². The van der Waals surface area contributed by atoms with Gasteiger partial charge >= 0.3 is 0 Å². The van der Waals surface area contributed by atoms with E-state index in [1.807, 2.05) is 36.1 Å². The molecule has 21 heavy (non-hydrogen) atoms. The minimum atomic E-state index is 0.123. The van der Waals surface area contributed by atoms with Crippen LogP contribution in [0.25, 0.3) is 0 Å². The van der Waals surface area contributed by atoms with Gasteiger partial charge in [0, 0.05) is 40.9 Å². The minimum absolute atomic E-state index is 0.123. The van der Waals surface area contributed by atoms with Gasteiger partial charge in [0.15, 0.2) is 0 Å². The third-order valence-electron chi connectivity index (χ3n) is 4.10. The number of aryl methyl sites for hydroxylation is 1. The van der Waals surface area contributed by atoms with E-state index < -0.39 is 0 Å². The molecule has 1 N–H and O–H groups in total. The van der Waals surface area contributed by atoms with Crippen molar-refractivity contribution in [2.75, 3.05) is 13.1 Å². The Morgan fingerprint density at radius 1 is 1.43 bits per heavy atom.